The van der Waals surface area contributed by atoms with Crippen LogP contribution in [0.5, 0.6) is 11.5 Å². The third-order valence-corrected chi connectivity index (χ3v) is 4.21. The first-order valence-corrected chi connectivity index (χ1v) is 9.55. The van der Waals surface area contributed by atoms with Crippen molar-refractivity contribution in [1.29, 1.82) is 0 Å². The summed E-state index contributed by atoms with van der Waals surface area (Å²) in [5.41, 5.74) is 1.44. The Morgan fingerprint density at radius 1 is 1.00 bits per heavy atom. The second-order valence-electron chi connectivity index (χ2n) is 6.84. The quantitative estimate of drug-likeness (QED) is 0.544. The predicted molar refractivity (Wildman–Crippen MR) is 110 cm³/mol. The molecule has 0 saturated carbocycles. The minimum absolute atomic E-state index is 0.0783. The van der Waals surface area contributed by atoms with Gasteiger partial charge in [-0.05, 0) is 57.5 Å². The summed E-state index contributed by atoms with van der Waals surface area (Å²) >= 11 is 0. The average Bonchev–Trinajstić information content (AvgIpc) is 2.69. The molecule has 0 spiro atoms. The third-order valence-electron chi connectivity index (χ3n) is 4.21. The summed E-state index contributed by atoms with van der Waals surface area (Å²) in [7, 11) is 0. The molecule has 1 aromatic heterocycles. The Hall–Kier alpha value is -3.28. The van der Waals surface area contributed by atoms with E-state index in [0.29, 0.717) is 22.3 Å². The topological polar surface area (TPSA) is 75.0 Å². The Morgan fingerprint density at radius 3 is 2.34 bits per heavy atom. The molecule has 1 unspecified atom stereocenters. The molecule has 3 aromatic rings. The van der Waals surface area contributed by atoms with Gasteiger partial charge in [0.15, 0.2) is 11.5 Å². The van der Waals surface area contributed by atoms with Crippen LogP contribution in [-0.2, 0) is 9.53 Å². The van der Waals surface area contributed by atoms with Crippen molar-refractivity contribution in [3.05, 3.63) is 59.0 Å². The molecule has 0 aliphatic rings. The van der Waals surface area contributed by atoms with E-state index >= 15 is 0 Å². The van der Waals surface area contributed by atoms with Gasteiger partial charge in [0.25, 0.3) is 0 Å². The summed E-state index contributed by atoms with van der Waals surface area (Å²) in [6.07, 6.45) is 0.751. The Labute approximate surface area is 169 Å². The molecule has 152 valence electrons. The summed E-state index contributed by atoms with van der Waals surface area (Å²) in [4.78, 5) is 24.6. The van der Waals surface area contributed by atoms with Crippen molar-refractivity contribution in [3.8, 4) is 22.6 Å². The van der Waals surface area contributed by atoms with Gasteiger partial charge in [0.2, 0.25) is 0 Å². The molecular formula is C23H24O6. The lowest BCUT2D eigenvalue weighted by Gasteiger charge is -2.13. The van der Waals surface area contributed by atoms with Crippen LogP contribution in [0.25, 0.3) is 22.1 Å². The van der Waals surface area contributed by atoms with Crippen molar-refractivity contribution >= 4 is 16.9 Å². The molecule has 1 heterocycles. The van der Waals surface area contributed by atoms with Gasteiger partial charge in [-0.3, -0.25) is 4.79 Å². The van der Waals surface area contributed by atoms with E-state index in [1.165, 1.54) is 6.26 Å². The van der Waals surface area contributed by atoms with Crippen molar-refractivity contribution < 1.29 is 23.4 Å². The predicted octanol–water partition coefficient (Wildman–Crippen LogP) is 4.58. The average molecular weight is 396 g/mol. The van der Waals surface area contributed by atoms with Crippen molar-refractivity contribution in [3.63, 3.8) is 0 Å². The molecule has 0 aliphatic heterocycles. The lowest BCUT2D eigenvalue weighted by molar-refractivity contribution is -0.150. The van der Waals surface area contributed by atoms with Crippen LogP contribution in [0.1, 0.15) is 27.7 Å². The van der Waals surface area contributed by atoms with E-state index in [4.69, 9.17) is 18.6 Å². The number of hydrogen-bond donors (Lipinski definition) is 0. The molecule has 6 heteroatoms. The highest BCUT2D eigenvalue weighted by Crippen LogP contribution is 2.25. The first-order valence-electron chi connectivity index (χ1n) is 9.55. The van der Waals surface area contributed by atoms with Gasteiger partial charge >= 0.3 is 5.97 Å². The molecule has 1 atom stereocenters. The minimum atomic E-state index is -0.759. The summed E-state index contributed by atoms with van der Waals surface area (Å²) in [6.45, 7) is 7.53. The van der Waals surface area contributed by atoms with E-state index in [1.54, 1.807) is 32.0 Å². The fourth-order valence-electron chi connectivity index (χ4n) is 2.88. The maximum atomic E-state index is 12.9. The van der Waals surface area contributed by atoms with Gasteiger partial charge in [-0.1, -0.05) is 12.1 Å². The molecule has 0 bridgehead atoms. The van der Waals surface area contributed by atoms with Crippen molar-refractivity contribution in [2.45, 2.75) is 39.9 Å². The van der Waals surface area contributed by atoms with Gasteiger partial charge in [-0.15, -0.1) is 0 Å². The van der Waals surface area contributed by atoms with Crippen LogP contribution >= 0.6 is 0 Å². The monoisotopic (exact) mass is 396 g/mol. The highest BCUT2D eigenvalue weighted by Gasteiger charge is 2.17. The summed E-state index contributed by atoms with van der Waals surface area (Å²) < 4.78 is 21.8. The maximum Gasteiger partial charge on any atom is 0.347 e. The summed E-state index contributed by atoms with van der Waals surface area (Å²) in [5, 5.41) is 0.432. The maximum absolute atomic E-state index is 12.9. The normalized spacial score (nSPS) is 12.0. The number of esters is 1. The molecule has 0 radical (unpaired) electrons. The van der Waals surface area contributed by atoms with Crippen LogP contribution in [0.15, 0.2) is 57.9 Å². The zero-order valence-electron chi connectivity index (χ0n) is 16.9. The van der Waals surface area contributed by atoms with Crippen LogP contribution in [0.4, 0.5) is 0 Å². The summed E-state index contributed by atoms with van der Waals surface area (Å²) in [5.74, 6) is 0.713. The Balaban J connectivity index is 1.87. The standard InChI is InChI=1S/C23H24O6/c1-5-26-23(25)15(4)29-18-10-11-19-21(12-18)27-13-20(22(19)24)16-6-8-17(9-7-16)28-14(2)3/h6-15H,5H2,1-4H3. The molecule has 0 saturated heterocycles. The van der Waals surface area contributed by atoms with Crippen LogP contribution in [0, 0.1) is 0 Å². The molecule has 3 rings (SSSR count). The lowest BCUT2D eigenvalue weighted by atomic mass is 10.1. The second-order valence-corrected chi connectivity index (χ2v) is 6.84. The molecule has 6 nitrogen and oxygen atoms in total. The first-order chi connectivity index (χ1) is 13.9. The van der Waals surface area contributed by atoms with E-state index in [0.717, 1.165) is 11.3 Å². The van der Waals surface area contributed by atoms with Crippen molar-refractivity contribution in [1.82, 2.24) is 0 Å². The van der Waals surface area contributed by atoms with E-state index in [9.17, 15) is 9.59 Å². The number of fused-ring (bicyclic) bond motifs is 1. The van der Waals surface area contributed by atoms with Crippen LogP contribution in [-0.4, -0.2) is 24.8 Å². The lowest BCUT2D eigenvalue weighted by Crippen LogP contribution is -2.26. The van der Waals surface area contributed by atoms with E-state index < -0.39 is 12.1 Å². The molecular weight excluding hydrogens is 372 g/mol. The Morgan fingerprint density at radius 2 is 1.69 bits per heavy atom. The third kappa shape index (κ3) is 4.77. The number of benzene rings is 2. The highest BCUT2D eigenvalue weighted by atomic mass is 16.6. The molecule has 0 N–H and O–H groups in total. The van der Waals surface area contributed by atoms with E-state index in [1.807, 2.05) is 38.1 Å². The zero-order valence-corrected chi connectivity index (χ0v) is 16.9. The molecule has 0 fully saturated rings. The fraction of sp³-hybridized carbons (Fsp3) is 0.304. The van der Waals surface area contributed by atoms with Crippen LogP contribution in [0.2, 0.25) is 0 Å². The van der Waals surface area contributed by atoms with Crippen LogP contribution in [0.3, 0.4) is 0 Å². The smallest absolute Gasteiger partial charge is 0.347 e. The molecule has 0 aliphatic carbocycles. The molecule has 29 heavy (non-hydrogen) atoms. The van der Waals surface area contributed by atoms with Crippen molar-refractivity contribution in [2.75, 3.05) is 6.61 Å². The first kappa shape index (κ1) is 20.5. The number of carbonyl (C=O) groups is 1. The Kier molecular flexibility index (Phi) is 6.22. The molecule has 0 amide bonds. The van der Waals surface area contributed by atoms with Gasteiger partial charge in [0, 0.05) is 6.07 Å². The molecule has 2 aromatic carbocycles. The van der Waals surface area contributed by atoms with E-state index in [-0.39, 0.29) is 18.1 Å². The largest absolute Gasteiger partial charge is 0.491 e. The number of rotatable bonds is 7. The second kappa shape index (κ2) is 8.82. The van der Waals surface area contributed by atoms with E-state index in [2.05, 4.69) is 0 Å². The van der Waals surface area contributed by atoms with Gasteiger partial charge in [0.05, 0.1) is 23.7 Å². The fourth-order valence-corrected chi connectivity index (χ4v) is 2.88. The van der Waals surface area contributed by atoms with Crippen molar-refractivity contribution in [2.24, 2.45) is 0 Å². The highest BCUT2D eigenvalue weighted by molar-refractivity contribution is 5.83. The zero-order chi connectivity index (χ0) is 21.0. The Bertz CT molecular complexity index is 1050. The SMILES string of the molecule is CCOC(=O)C(C)Oc1ccc2c(=O)c(-c3ccc(OC(C)C)cc3)coc2c1. The minimum Gasteiger partial charge on any atom is -0.491 e. The number of hydrogen-bond acceptors (Lipinski definition) is 6. The van der Waals surface area contributed by atoms with Gasteiger partial charge in [0.1, 0.15) is 23.3 Å². The van der Waals surface area contributed by atoms with Crippen LogP contribution < -0.4 is 14.9 Å². The van der Waals surface area contributed by atoms with Gasteiger partial charge < -0.3 is 18.6 Å². The number of carbonyl (C=O) groups excluding carboxylic acids is 1. The number of ether oxygens (including phenoxy) is 3. The van der Waals surface area contributed by atoms with Gasteiger partial charge in [-0.25, -0.2) is 4.79 Å². The van der Waals surface area contributed by atoms with Gasteiger partial charge in [-0.2, -0.15) is 0 Å². The summed E-state index contributed by atoms with van der Waals surface area (Å²) in [6, 6.07) is 12.2.